The van der Waals surface area contributed by atoms with Gasteiger partial charge in [0.1, 0.15) is 11.5 Å². The second-order valence-corrected chi connectivity index (χ2v) is 4.20. The fourth-order valence-corrected chi connectivity index (χ4v) is 1.96. The summed E-state index contributed by atoms with van der Waals surface area (Å²) >= 11 is 5.03. The molecule has 1 aromatic heterocycles. The maximum atomic E-state index is 5.39. The lowest BCUT2D eigenvalue weighted by Crippen LogP contribution is -1.95. The van der Waals surface area contributed by atoms with Crippen LogP contribution in [0.2, 0.25) is 0 Å². The predicted octanol–water partition coefficient (Wildman–Crippen LogP) is 3.13. The van der Waals surface area contributed by atoms with Gasteiger partial charge in [-0.15, -0.1) is 0 Å². The van der Waals surface area contributed by atoms with Crippen molar-refractivity contribution in [2.45, 2.75) is 6.92 Å². The van der Waals surface area contributed by atoms with Gasteiger partial charge in [-0.2, -0.15) is 0 Å². The molecule has 0 bridgehead atoms. The summed E-state index contributed by atoms with van der Waals surface area (Å²) < 4.78 is 11.2. The number of nitrogens with one attached hydrogen (secondary N) is 1. The van der Waals surface area contributed by atoms with E-state index in [9.17, 15) is 0 Å². The number of hydrogen-bond donors (Lipinski definition) is 1. The fraction of sp³-hybridized carbons (Fsp3) is 0.231. The molecule has 0 saturated heterocycles. The molecule has 0 radical (unpaired) electrons. The number of rotatable bonds is 3. The van der Waals surface area contributed by atoms with Crippen molar-refractivity contribution in [1.29, 1.82) is 0 Å². The van der Waals surface area contributed by atoms with Gasteiger partial charge in [0.2, 0.25) is 0 Å². The Balaban J connectivity index is 2.65. The third-order valence-corrected chi connectivity index (χ3v) is 2.89. The summed E-state index contributed by atoms with van der Waals surface area (Å²) in [7, 11) is 3.29. The van der Waals surface area contributed by atoms with Crippen LogP contribution >= 0.6 is 12.2 Å². The number of hydrogen-bond acceptors (Lipinski definition) is 4. The molecule has 0 amide bonds. The highest BCUT2D eigenvalue weighted by molar-refractivity contribution is 7.71. The van der Waals surface area contributed by atoms with Gasteiger partial charge >= 0.3 is 0 Å². The van der Waals surface area contributed by atoms with Crippen LogP contribution in [0.1, 0.15) is 5.56 Å². The number of aromatic amines is 1. The quantitative estimate of drug-likeness (QED) is 0.863. The number of methoxy groups -OCH3 is 2. The van der Waals surface area contributed by atoms with Crippen LogP contribution in [0.4, 0.5) is 0 Å². The van der Waals surface area contributed by atoms with Crippen LogP contribution < -0.4 is 9.47 Å². The van der Waals surface area contributed by atoms with Gasteiger partial charge in [0.15, 0.2) is 4.77 Å². The Kier molecular flexibility index (Phi) is 3.62. The molecule has 4 nitrogen and oxygen atoms in total. The molecule has 2 aromatic rings. The Bertz CT molecular complexity index is 623. The summed E-state index contributed by atoms with van der Waals surface area (Å²) in [5, 5.41) is 0. The lowest BCUT2D eigenvalue weighted by Gasteiger charge is -2.12. The van der Waals surface area contributed by atoms with Crippen LogP contribution in [-0.4, -0.2) is 24.2 Å². The highest BCUT2D eigenvalue weighted by Crippen LogP contribution is 2.34. The van der Waals surface area contributed by atoms with Gasteiger partial charge in [-0.3, -0.25) is 0 Å². The topological polar surface area (TPSA) is 47.1 Å². The SMILES string of the molecule is COc1cc(-c2ccnc(=S)[nH]2)c(OC)cc1C. The first kappa shape index (κ1) is 12.6. The Morgan fingerprint density at radius 3 is 2.50 bits per heavy atom. The van der Waals surface area contributed by atoms with E-state index in [4.69, 9.17) is 21.7 Å². The first-order valence-electron chi connectivity index (χ1n) is 5.44. The van der Waals surface area contributed by atoms with Crippen LogP contribution in [0.25, 0.3) is 11.3 Å². The monoisotopic (exact) mass is 262 g/mol. The second-order valence-electron chi connectivity index (χ2n) is 3.81. The van der Waals surface area contributed by atoms with E-state index in [2.05, 4.69) is 9.97 Å². The van der Waals surface area contributed by atoms with Crippen molar-refractivity contribution in [3.05, 3.63) is 34.7 Å². The number of aromatic nitrogens is 2. The zero-order chi connectivity index (χ0) is 13.1. The van der Waals surface area contributed by atoms with Crippen molar-refractivity contribution < 1.29 is 9.47 Å². The number of nitrogens with zero attached hydrogens (tertiary/aromatic N) is 1. The molecule has 0 atom stereocenters. The summed E-state index contributed by atoms with van der Waals surface area (Å²) in [6.45, 7) is 1.97. The maximum absolute atomic E-state index is 5.39. The van der Waals surface area contributed by atoms with Gasteiger partial charge < -0.3 is 14.5 Å². The molecule has 5 heteroatoms. The van der Waals surface area contributed by atoms with Crippen molar-refractivity contribution in [1.82, 2.24) is 9.97 Å². The minimum Gasteiger partial charge on any atom is -0.496 e. The Morgan fingerprint density at radius 1 is 1.17 bits per heavy atom. The van der Waals surface area contributed by atoms with E-state index >= 15 is 0 Å². The van der Waals surface area contributed by atoms with Gasteiger partial charge in [-0.1, -0.05) is 0 Å². The summed E-state index contributed by atoms with van der Waals surface area (Å²) in [5.41, 5.74) is 2.77. The van der Waals surface area contributed by atoms with Crippen molar-refractivity contribution >= 4 is 12.2 Å². The predicted molar refractivity (Wildman–Crippen MR) is 72.7 cm³/mol. The molecule has 0 unspecified atom stereocenters. The average Bonchev–Trinajstić information content (AvgIpc) is 2.38. The summed E-state index contributed by atoms with van der Waals surface area (Å²) in [4.78, 5) is 7.01. The molecule has 2 rings (SSSR count). The molecular formula is C13H14N2O2S. The lowest BCUT2D eigenvalue weighted by atomic mass is 10.1. The third kappa shape index (κ3) is 2.36. The first-order valence-corrected chi connectivity index (χ1v) is 5.85. The van der Waals surface area contributed by atoms with E-state index in [-0.39, 0.29) is 0 Å². The Morgan fingerprint density at radius 2 is 1.89 bits per heavy atom. The third-order valence-electron chi connectivity index (χ3n) is 2.68. The highest BCUT2D eigenvalue weighted by atomic mass is 32.1. The van der Waals surface area contributed by atoms with Crippen LogP contribution in [0, 0.1) is 11.7 Å². The standard InChI is InChI=1S/C13H14N2O2S/c1-8-6-12(17-3)9(7-11(8)16-2)10-4-5-14-13(18)15-10/h4-7H,1-3H3,(H,14,15,18). The fourth-order valence-electron chi connectivity index (χ4n) is 1.79. The van der Waals surface area contributed by atoms with Gasteiger partial charge in [0, 0.05) is 11.8 Å². The minimum atomic E-state index is 0.439. The van der Waals surface area contributed by atoms with Gasteiger partial charge in [-0.05, 0) is 42.9 Å². The first-order chi connectivity index (χ1) is 8.65. The normalized spacial score (nSPS) is 10.2. The lowest BCUT2D eigenvalue weighted by molar-refractivity contribution is 0.401. The van der Waals surface area contributed by atoms with Gasteiger partial charge in [-0.25, -0.2) is 4.98 Å². The second kappa shape index (κ2) is 5.18. The largest absolute Gasteiger partial charge is 0.496 e. The van der Waals surface area contributed by atoms with Crippen LogP contribution in [0.3, 0.4) is 0 Å². The zero-order valence-electron chi connectivity index (χ0n) is 10.5. The Hall–Kier alpha value is -1.88. The molecule has 94 valence electrons. The summed E-state index contributed by atoms with van der Waals surface area (Å²) in [6.07, 6.45) is 1.67. The molecule has 0 aliphatic heterocycles. The molecule has 1 N–H and O–H groups in total. The minimum absolute atomic E-state index is 0.439. The molecule has 1 aromatic carbocycles. The summed E-state index contributed by atoms with van der Waals surface area (Å²) in [5.74, 6) is 1.58. The highest BCUT2D eigenvalue weighted by Gasteiger charge is 2.10. The van der Waals surface area contributed by atoms with Crippen LogP contribution in [-0.2, 0) is 0 Å². The van der Waals surface area contributed by atoms with Crippen molar-refractivity contribution in [2.75, 3.05) is 14.2 Å². The van der Waals surface area contributed by atoms with Crippen molar-refractivity contribution in [2.24, 2.45) is 0 Å². The van der Waals surface area contributed by atoms with E-state index in [1.165, 1.54) is 0 Å². The van der Waals surface area contributed by atoms with E-state index in [0.29, 0.717) is 4.77 Å². The average molecular weight is 262 g/mol. The van der Waals surface area contributed by atoms with E-state index < -0.39 is 0 Å². The number of aryl methyl sites for hydroxylation is 1. The maximum Gasteiger partial charge on any atom is 0.197 e. The smallest absolute Gasteiger partial charge is 0.197 e. The number of H-pyrrole nitrogens is 1. The van der Waals surface area contributed by atoms with E-state index in [0.717, 1.165) is 28.3 Å². The molecule has 0 aliphatic rings. The van der Waals surface area contributed by atoms with Gasteiger partial charge in [0.25, 0.3) is 0 Å². The number of ether oxygens (including phenoxy) is 2. The molecular weight excluding hydrogens is 248 g/mol. The molecule has 0 spiro atoms. The van der Waals surface area contributed by atoms with Crippen molar-refractivity contribution in [3.63, 3.8) is 0 Å². The summed E-state index contributed by atoms with van der Waals surface area (Å²) in [6, 6.07) is 5.71. The number of benzene rings is 1. The zero-order valence-corrected chi connectivity index (χ0v) is 11.3. The van der Waals surface area contributed by atoms with Crippen LogP contribution in [0.15, 0.2) is 24.4 Å². The Labute approximate surface area is 111 Å². The molecule has 0 saturated carbocycles. The molecule has 0 fully saturated rings. The van der Waals surface area contributed by atoms with Crippen molar-refractivity contribution in [3.8, 4) is 22.8 Å². The van der Waals surface area contributed by atoms with E-state index in [1.54, 1.807) is 20.4 Å². The van der Waals surface area contributed by atoms with E-state index in [1.807, 2.05) is 25.1 Å². The van der Waals surface area contributed by atoms with Crippen LogP contribution in [0.5, 0.6) is 11.5 Å². The molecule has 18 heavy (non-hydrogen) atoms. The van der Waals surface area contributed by atoms with Gasteiger partial charge in [0.05, 0.1) is 19.9 Å². The molecule has 0 aliphatic carbocycles. The molecule has 1 heterocycles.